The van der Waals surface area contributed by atoms with Crippen LogP contribution in [0, 0.1) is 0 Å². The topological polar surface area (TPSA) is 81.7 Å². The highest BCUT2D eigenvalue weighted by Gasteiger charge is 2.24. The molecule has 1 saturated carbocycles. The largest absolute Gasteiger partial charge is 0.467 e. The van der Waals surface area contributed by atoms with Crippen molar-refractivity contribution in [2.75, 3.05) is 7.11 Å². The van der Waals surface area contributed by atoms with E-state index in [0.29, 0.717) is 12.8 Å². The van der Waals surface area contributed by atoms with E-state index in [1.807, 2.05) is 0 Å². The number of carbonyl (C=O) groups is 3. The quantitative estimate of drug-likeness (QED) is 0.381. The molecule has 1 atom stereocenters. The Morgan fingerprint density at radius 3 is 2.50 bits per heavy atom. The van der Waals surface area contributed by atoms with Crippen molar-refractivity contribution in [3.05, 3.63) is 0 Å². The Hall–Kier alpha value is -1.59. The molecule has 0 aromatic heterocycles. The highest BCUT2D eigenvalue weighted by Crippen LogP contribution is 2.21. The molecule has 126 valence electrons. The van der Waals surface area contributed by atoms with Gasteiger partial charge >= 0.3 is 12.1 Å². The fourth-order valence-electron chi connectivity index (χ4n) is 2.65. The molecule has 1 aliphatic carbocycles. The number of esters is 1. The summed E-state index contributed by atoms with van der Waals surface area (Å²) < 4.78 is 10.0. The first-order valence-corrected chi connectivity index (χ1v) is 8.16. The molecule has 1 aliphatic rings. The summed E-state index contributed by atoms with van der Waals surface area (Å²) in [5, 5.41) is 2.60. The van der Waals surface area contributed by atoms with Crippen LogP contribution >= 0.6 is 0 Å². The number of amides is 1. The molecule has 0 aromatic rings. The van der Waals surface area contributed by atoms with Crippen molar-refractivity contribution >= 4 is 18.3 Å². The summed E-state index contributed by atoms with van der Waals surface area (Å²) >= 11 is 0. The monoisotopic (exact) mass is 313 g/mol. The summed E-state index contributed by atoms with van der Waals surface area (Å²) in [5.74, 6) is -0.448. The van der Waals surface area contributed by atoms with Crippen LogP contribution in [0.25, 0.3) is 0 Å². The zero-order valence-electron chi connectivity index (χ0n) is 13.3. The Labute approximate surface area is 131 Å². The summed E-state index contributed by atoms with van der Waals surface area (Å²) in [4.78, 5) is 33.8. The van der Waals surface area contributed by atoms with Crippen molar-refractivity contribution in [2.45, 2.75) is 76.4 Å². The Morgan fingerprint density at radius 1 is 1.18 bits per heavy atom. The van der Waals surface area contributed by atoms with E-state index in [9.17, 15) is 14.4 Å². The van der Waals surface area contributed by atoms with Gasteiger partial charge in [0.05, 0.1) is 7.11 Å². The molecule has 0 radical (unpaired) electrons. The fraction of sp³-hybridized carbons (Fsp3) is 0.812. The van der Waals surface area contributed by atoms with Crippen molar-refractivity contribution in [1.29, 1.82) is 0 Å². The number of carbonyl (C=O) groups excluding carboxylic acids is 3. The summed E-state index contributed by atoms with van der Waals surface area (Å²) in [6.07, 6.45) is 8.92. The van der Waals surface area contributed by atoms with E-state index in [4.69, 9.17) is 9.47 Å². The maximum atomic E-state index is 11.8. The van der Waals surface area contributed by atoms with Gasteiger partial charge in [-0.15, -0.1) is 0 Å². The van der Waals surface area contributed by atoms with Crippen molar-refractivity contribution in [3.8, 4) is 0 Å². The molecule has 0 saturated heterocycles. The maximum absolute atomic E-state index is 11.8. The number of hydrogen-bond donors (Lipinski definition) is 1. The molecule has 1 fully saturated rings. The van der Waals surface area contributed by atoms with E-state index >= 15 is 0 Å². The number of rotatable bonds is 10. The van der Waals surface area contributed by atoms with Gasteiger partial charge < -0.3 is 19.6 Å². The van der Waals surface area contributed by atoms with Crippen molar-refractivity contribution in [2.24, 2.45) is 0 Å². The lowest BCUT2D eigenvalue weighted by Gasteiger charge is -2.18. The molecule has 0 spiro atoms. The van der Waals surface area contributed by atoms with Gasteiger partial charge in [0.15, 0.2) is 0 Å². The molecule has 6 nitrogen and oxygen atoms in total. The molecule has 0 aliphatic heterocycles. The van der Waals surface area contributed by atoms with Crippen LogP contribution in [0.2, 0.25) is 0 Å². The second kappa shape index (κ2) is 11.0. The van der Waals surface area contributed by atoms with E-state index < -0.39 is 18.1 Å². The van der Waals surface area contributed by atoms with Gasteiger partial charge in [0.25, 0.3) is 0 Å². The van der Waals surface area contributed by atoms with Crippen molar-refractivity contribution in [1.82, 2.24) is 5.32 Å². The first-order valence-electron chi connectivity index (χ1n) is 8.16. The smallest absolute Gasteiger partial charge is 0.408 e. The van der Waals surface area contributed by atoms with Gasteiger partial charge in [-0.1, -0.05) is 19.3 Å². The van der Waals surface area contributed by atoms with Crippen LogP contribution in [-0.2, 0) is 19.1 Å². The third-order valence-corrected chi connectivity index (χ3v) is 3.92. The molecule has 1 N–H and O–H groups in total. The average Bonchev–Trinajstić information content (AvgIpc) is 3.01. The van der Waals surface area contributed by atoms with Crippen LogP contribution in [0.4, 0.5) is 4.79 Å². The third-order valence-electron chi connectivity index (χ3n) is 3.92. The minimum atomic E-state index is -0.662. The van der Waals surface area contributed by atoms with E-state index in [-0.39, 0.29) is 6.10 Å². The summed E-state index contributed by atoms with van der Waals surface area (Å²) in [6, 6.07) is -0.662. The van der Waals surface area contributed by atoms with E-state index in [1.54, 1.807) is 0 Å². The Balaban J connectivity index is 2.28. The van der Waals surface area contributed by atoms with Gasteiger partial charge in [0.2, 0.25) is 0 Å². The van der Waals surface area contributed by atoms with Crippen molar-refractivity contribution < 1.29 is 23.9 Å². The zero-order valence-corrected chi connectivity index (χ0v) is 13.3. The third kappa shape index (κ3) is 7.43. The van der Waals surface area contributed by atoms with Crippen LogP contribution in [0.3, 0.4) is 0 Å². The number of hydrogen-bond acceptors (Lipinski definition) is 5. The summed E-state index contributed by atoms with van der Waals surface area (Å²) in [6.45, 7) is 0. The number of methoxy groups -OCH3 is 1. The maximum Gasteiger partial charge on any atom is 0.408 e. The minimum absolute atomic E-state index is 0.0263. The van der Waals surface area contributed by atoms with Gasteiger partial charge in [-0.3, -0.25) is 0 Å². The van der Waals surface area contributed by atoms with E-state index in [1.165, 1.54) is 7.11 Å². The Morgan fingerprint density at radius 2 is 1.86 bits per heavy atom. The van der Waals surface area contributed by atoms with E-state index in [2.05, 4.69) is 5.32 Å². The van der Waals surface area contributed by atoms with Crippen molar-refractivity contribution in [3.63, 3.8) is 0 Å². The molecule has 0 bridgehead atoms. The lowest BCUT2D eigenvalue weighted by atomic mass is 10.1. The number of unbranched alkanes of at least 4 members (excludes halogenated alkanes) is 4. The van der Waals surface area contributed by atoms with Gasteiger partial charge in [-0.2, -0.15) is 0 Å². The van der Waals surface area contributed by atoms with Crippen LogP contribution in [0.15, 0.2) is 0 Å². The predicted octanol–water partition coefficient (Wildman–Crippen LogP) is 2.74. The summed E-state index contributed by atoms with van der Waals surface area (Å²) in [7, 11) is 1.31. The highest BCUT2D eigenvalue weighted by atomic mass is 16.6. The van der Waals surface area contributed by atoms with Gasteiger partial charge in [0.1, 0.15) is 18.4 Å². The lowest BCUT2D eigenvalue weighted by Crippen LogP contribution is -2.42. The standard InChI is InChI=1S/C16H27NO5/c1-21-15(19)14(11-5-3-2-4-8-12-18)17-16(20)22-13-9-6-7-10-13/h12-14H,2-11H2,1H3,(H,17,20)/t14-/m0/s1. The SMILES string of the molecule is COC(=O)[C@H](CCCCCCC=O)NC(=O)OC1CCCC1. The first-order chi connectivity index (χ1) is 10.7. The van der Waals surface area contributed by atoms with Crippen LogP contribution in [0.5, 0.6) is 0 Å². The number of alkyl carbamates (subject to hydrolysis) is 1. The van der Waals surface area contributed by atoms with E-state index in [0.717, 1.165) is 57.7 Å². The van der Waals surface area contributed by atoms with Crippen LogP contribution in [-0.4, -0.2) is 37.6 Å². The molecular weight excluding hydrogens is 286 g/mol. The minimum Gasteiger partial charge on any atom is -0.467 e. The second-order valence-corrected chi connectivity index (χ2v) is 5.69. The number of aldehydes is 1. The number of nitrogens with one attached hydrogen (secondary N) is 1. The van der Waals surface area contributed by atoms with Gasteiger partial charge in [-0.25, -0.2) is 9.59 Å². The van der Waals surface area contributed by atoms with Crippen LogP contribution in [0.1, 0.15) is 64.2 Å². The molecule has 6 heteroatoms. The second-order valence-electron chi connectivity index (χ2n) is 5.69. The number of ether oxygens (including phenoxy) is 2. The fourth-order valence-corrected chi connectivity index (χ4v) is 2.65. The predicted molar refractivity (Wildman–Crippen MR) is 81.4 cm³/mol. The molecule has 0 heterocycles. The molecule has 1 rings (SSSR count). The molecular formula is C16H27NO5. The molecule has 1 amide bonds. The lowest BCUT2D eigenvalue weighted by molar-refractivity contribution is -0.143. The Bertz CT molecular complexity index is 352. The molecule has 22 heavy (non-hydrogen) atoms. The summed E-state index contributed by atoms with van der Waals surface area (Å²) in [5.41, 5.74) is 0. The molecule has 0 unspecified atom stereocenters. The van der Waals surface area contributed by atoms with Gasteiger partial charge in [0, 0.05) is 6.42 Å². The average molecular weight is 313 g/mol. The zero-order chi connectivity index (χ0) is 16.2. The normalized spacial score (nSPS) is 16.0. The highest BCUT2D eigenvalue weighted by molar-refractivity contribution is 5.81. The van der Waals surface area contributed by atoms with Gasteiger partial charge in [-0.05, 0) is 38.5 Å². The van der Waals surface area contributed by atoms with Crippen LogP contribution < -0.4 is 5.32 Å². The molecule has 0 aromatic carbocycles. The first kappa shape index (κ1) is 18.5. The Kier molecular flexibility index (Phi) is 9.26.